The van der Waals surface area contributed by atoms with Gasteiger partial charge in [-0.05, 0) is 68.0 Å². The molecule has 0 aliphatic carbocycles. The van der Waals surface area contributed by atoms with Gasteiger partial charge in [0, 0.05) is 50.7 Å². The predicted octanol–water partition coefficient (Wildman–Crippen LogP) is 3.89. The number of hydrogen-bond donors (Lipinski definition) is 1. The summed E-state index contributed by atoms with van der Waals surface area (Å²) in [5.74, 6) is 0.0519. The molecular formula is C26H36N4O4S2. The first-order chi connectivity index (χ1) is 17.1. The van der Waals surface area contributed by atoms with Crippen molar-refractivity contribution in [2.45, 2.75) is 51.0 Å². The maximum Gasteiger partial charge on any atom is 0.256 e. The molecule has 2 amide bonds. The molecule has 4 rings (SSSR count). The van der Waals surface area contributed by atoms with Gasteiger partial charge in [0.15, 0.2) is 0 Å². The highest BCUT2D eigenvalue weighted by atomic mass is 32.2. The van der Waals surface area contributed by atoms with Gasteiger partial charge in [0.25, 0.3) is 11.8 Å². The third-order valence-electron chi connectivity index (χ3n) is 7.02. The molecule has 1 N–H and O–H groups in total. The predicted molar refractivity (Wildman–Crippen MR) is 143 cm³/mol. The number of carbonyl (C=O) groups excluding carboxylic acids is 2. The first-order valence-electron chi connectivity index (χ1n) is 12.6. The van der Waals surface area contributed by atoms with Crippen LogP contribution in [-0.4, -0.2) is 74.6 Å². The van der Waals surface area contributed by atoms with E-state index in [4.69, 9.17) is 0 Å². The van der Waals surface area contributed by atoms with Gasteiger partial charge in [-0.15, -0.1) is 11.3 Å². The molecule has 0 spiro atoms. The summed E-state index contributed by atoms with van der Waals surface area (Å²) in [7, 11) is -0.148. The highest BCUT2D eigenvalue weighted by Gasteiger charge is 2.30. The molecule has 1 saturated heterocycles. The zero-order valence-electron chi connectivity index (χ0n) is 21.5. The van der Waals surface area contributed by atoms with E-state index in [9.17, 15) is 18.0 Å². The molecular weight excluding hydrogens is 496 g/mol. The third-order valence-corrected chi connectivity index (χ3v) is 10.1. The zero-order valence-corrected chi connectivity index (χ0v) is 23.2. The van der Waals surface area contributed by atoms with Crippen LogP contribution in [-0.2, 0) is 23.0 Å². The first kappa shape index (κ1) is 26.8. The van der Waals surface area contributed by atoms with Gasteiger partial charge in [0.1, 0.15) is 5.00 Å². The lowest BCUT2D eigenvalue weighted by Crippen LogP contribution is -2.37. The van der Waals surface area contributed by atoms with Crippen LogP contribution in [0.1, 0.15) is 64.3 Å². The van der Waals surface area contributed by atoms with Crippen LogP contribution in [0.3, 0.4) is 0 Å². The summed E-state index contributed by atoms with van der Waals surface area (Å²) in [6, 6.07) is 6.07. The van der Waals surface area contributed by atoms with Crippen molar-refractivity contribution >= 4 is 38.2 Å². The Balaban J connectivity index is 1.54. The molecule has 2 aliphatic heterocycles. The number of thiophene rings is 1. The molecule has 1 fully saturated rings. The summed E-state index contributed by atoms with van der Waals surface area (Å²) < 4.78 is 27.6. The van der Waals surface area contributed by atoms with Gasteiger partial charge in [-0.25, -0.2) is 8.42 Å². The third kappa shape index (κ3) is 5.51. The Labute approximate surface area is 218 Å². The molecule has 8 nitrogen and oxygen atoms in total. The van der Waals surface area contributed by atoms with Crippen molar-refractivity contribution in [3.63, 3.8) is 0 Å². The molecule has 1 aromatic heterocycles. The Morgan fingerprint density at radius 3 is 2.39 bits per heavy atom. The van der Waals surface area contributed by atoms with E-state index in [1.54, 1.807) is 26.2 Å². The summed E-state index contributed by atoms with van der Waals surface area (Å²) in [5.41, 5.74) is 1.95. The summed E-state index contributed by atoms with van der Waals surface area (Å²) in [5, 5.41) is 3.50. The molecule has 1 aromatic carbocycles. The van der Waals surface area contributed by atoms with Gasteiger partial charge in [0.2, 0.25) is 10.0 Å². The number of fused-ring (bicyclic) bond motifs is 1. The topological polar surface area (TPSA) is 90.0 Å². The van der Waals surface area contributed by atoms with E-state index in [0.29, 0.717) is 35.1 Å². The molecule has 0 radical (unpaired) electrons. The molecule has 0 saturated carbocycles. The number of nitrogens with one attached hydrogen (secondary N) is 1. The number of benzene rings is 1. The Kier molecular flexibility index (Phi) is 8.18. The molecule has 10 heteroatoms. The molecule has 0 atom stereocenters. The second-order valence-corrected chi connectivity index (χ2v) is 13.0. The average Bonchev–Trinajstić information content (AvgIpc) is 3.20. The lowest BCUT2D eigenvalue weighted by molar-refractivity contribution is 0.0827. The lowest BCUT2D eigenvalue weighted by atomic mass is 10.0. The largest absolute Gasteiger partial charge is 0.345 e. The van der Waals surface area contributed by atoms with Crippen molar-refractivity contribution in [1.29, 1.82) is 0 Å². The second kappa shape index (κ2) is 11.0. The zero-order chi connectivity index (χ0) is 26.0. The van der Waals surface area contributed by atoms with Crippen LogP contribution in [0, 0.1) is 5.92 Å². The minimum atomic E-state index is -3.58. The quantitative estimate of drug-likeness (QED) is 0.584. The highest BCUT2D eigenvalue weighted by Crippen LogP contribution is 2.38. The Hall–Kier alpha value is -2.27. The van der Waals surface area contributed by atoms with E-state index in [0.717, 1.165) is 55.8 Å². The molecule has 196 valence electrons. The minimum Gasteiger partial charge on any atom is -0.345 e. The van der Waals surface area contributed by atoms with Gasteiger partial charge >= 0.3 is 0 Å². The van der Waals surface area contributed by atoms with Crippen LogP contribution in [0.15, 0.2) is 29.2 Å². The number of amides is 2. The maximum atomic E-state index is 13.1. The fraction of sp³-hybridized carbons (Fsp3) is 0.538. The van der Waals surface area contributed by atoms with E-state index in [1.165, 1.54) is 32.7 Å². The highest BCUT2D eigenvalue weighted by molar-refractivity contribution is 7.89. The normalized spacial score (nSPS) is 17.6. The van der Waals surface area contributed by atoms with Crippen molar-refractivity contribution in [2.24, 2.45) is 5.92 Å². The number of anilines is 1. The molecule has 2 aromatic rings. The summed E-state index contributed by atoms with van der Waals surface area (Å²) in [4.78, 5) is 31.4. The number of nitrogens with zero attached hydrogens (tertiary/aromatic N) is 3. The first-order valence-corrected chi connectivity index (χ1v) is 14.9. The molecule has 2 aliphatic rings. The van der Waals surface area contributed by atoms with Crippen LogP contribution in [0.25, 0.3) is 0 Å². The van der Waals surface area contributed by atoms with E-state index in [2.05, 4.69) is 24.1 Å². The van der Waals surface area contributed by atoms with Gasteiger partial charge in [-0.2, -0.15) is 4.31 Å². The monoisotopic (exact) mass is 532 g/mol. The van der Waals surface area contributed by atoms with Crippen LogP contribution in [0.5, 0.6) is 0 Å². The van der Waals surface area contributed by atoms with E-state index in [-0.39, 0.29) is 16.7 Å². The number of carbonyl (C=O) groups is 2. The molecule has 3 heterocycles. The van der Waals surface area contributed by atoms with Gasteiger partial charge in [0.05, 0.1) is 10.5 Å². The number of piperidine rings is 1. The van der Waals surface area contributed by atoms with Crippen molar-refractivity contribution in [3.8, 4) is 0 Å². The van der Waals surface area contributed by atoms with Crippen molar-refractivity contribution < 1.29 is 18.0 Å². The fourth-order valence-corrected chi connectivity index (χ4v) is 7.58. The Morgan fingerprint density at radius 1 is 1.11 bits per heavy atom. The SMILES string of the molecule is CCCN1CCc2c(sc(NC(=O)c3ccc(S(=O)(=O)N4CCC(C)CC4)cc3)c2C(=O)N(C)C)C1. The summed E-state index contributed by atoms with van der Waals surface area (Å²) >= 11 is 1.46. The Bertz CT molecular complexity index is 1210. The van der Waals surface area contributed by atoms with Gasteiger partial charge in [-0.3, -0.25) is 14.5 Å². The summed E-state index contributed by atoms with van der Waals surface area (Å²) in [6.07, 6.45) is 3.55. The van der Waals surface area contributed by atoms with Crippen LogP contribution in [0.4, 0.5) is 5.00 Å². The molecule has 0 bridgehead atoms. The standard InChI is InChI=1S/C26H36N4O4S2/c1-5-13-29-14-12-21-22(17-29)35-25(23(21)26(32)28(3)4)27-24(31)19-6-8-20(9-7-19)36(33,34)30-15-10-18(2)11-16-30/h6-9,18H,5,10-17H2,1-4H3,(H,27,31). The second-order valence-electron chi connectivity index (χ2n) is 10.00. The smallest absolute Gasteiger partial charge is 0.256 e. The van der Waals surface area contributed by atoms with Crippen LogP contribution < -0.4 is 5.32 Å². The molecule has 36 heavy (non-hydrogen) atoms. The maximum absolute atomic E-state index is 13.1. The minimum absolute atomic E-state index is 0.121. The van der Waals surface area contributed by atoms with Gasteiger partial charge in [-0.1, -0.05) is 13.8 Å². The lowest BCUT2D eigenvalue weighted by Gasteiger charge is -2.29. The molecule has 0 unspecified atom stereocenters. The number of hydrogen-bond acceptors (Lipinski definition) is 6. The Morgan fingerprint density at radius 2 is 1.78 bits per heavy atom. The van der Waals surface area contributed by atoms with E-state index >= 15 is 0 Å². The number of sulfonamides is 1. The van der Waals surface area contributed by atoms with Crippen molar-refractivity contribution in [3.05, 3.63) is 45.8 Å². The van der Waals surface area contributed by atoms with Crippen LogP contribution >= 0.6 is 11.3 Å². The van der Waals surface area contributed by atoms with E-state index in [1.807, 2.05) is 0 Å². The van der Waals surface area contributed by atoms with E-state index < -0.39 is 10.0 Å². The van der Waals surface area contributed by atoms with Crippen molar-refractivity contribution in [1.82, 2.24) is 14.1 Å². The fourth-order valence-electron chi connectivity index (χ4n) is 4.83. The number of rotatable bonds is 7. The van der Waals surface area contributed by atoms with Gasteiger partial charge < -0.3 is 10.2 Å². The van der Waals surface area contributed by atoms with Crippen LogP contribution in [0.2, 0.25) is 0 Å². The average molecular weight is 533 g/mol. The summed E-state index contributed by atoms with van der Waals surface area (Å²) in [6.45, 7) is 8.01. The van der Waals surface area contributed by atoms with Crippen molar-refractivity contribution in [2.75, 3.05) is 45.6 Å².